The monoisotopic (exact) mass is 386 g/mol. The van der Waals surface area contributed by atoms with Crippen molar-refractivity contribution < 1.29 is 4.79 Å². The molecule has 0 spiro atoms. The predicted octanol–water partition coefficient (Wildman–Crippen LogP) is 4.50. The average molecular weight is 386 g/mol. The number of anilines is 1. The maximum Gasteiger partial charge on any atom is 0.260 e. The van der Waals surface area contributed by atoms with E-state index in [-0.39, 0.29) is 5.91 Å². The van der Waals surface area contributed by atoms with Crippen LogP contribution in [0.3, 0.4) is 0 Å². The zero-order chi connectivity index (χ0) is 19.8. The van der Waals surface area contributed by atoms with Gasteiger partial charge >= 0.3 is 0 Å². The number of hydrogen-bond acceptors (Lipinski definition) is 4. The van der Waals surface area contributed by atoms with Crippen molar-refractivity contribution >= 4 is 22.6 Å². The molecule has 0 radical (unpaired) electrons. The third-order valence-electron chi connectivity index (χ3n) is 5.52. The van der Waals surface area contributed by atoms with Crippen molar-refractivity contribution in [3.05, 3.63) is 60.3 Å². The Labute approximate surface area is 168 Å². The van der Waals surface area contributed by atoms with Gasteiger partial charge in [-0.25, -0.2) is 4.98 Å². The number of carbonyl (C=O) groups excluding carboxylic acids is 1. The highest BCUT2D eigenvalue weighted by Gasteiger charge is 2.19. The summed E-state index contributed by atoms with van der Waals surface area (Å²) in [7, 11) is 0. The number of aromatic amines is 1. The maximum atomic E-state index is 12.6. The van der Waals surface area contributed by atoms with Gasteiger partial charge < -0.3 is 10.3 Å². The lowest BCUT2D eigenvalue weighted by Gasteiger charge is -2.08. The summed E-state index contributed by atoms with van der Waals surface area (Å²) < 4.78 is 1.92. The Bertz CT molecular complexity index is 1180. The molecule has 0 aliphatic heterocycles. The summed E-state index contributed by atoms with van der Waals surface area (Å²) in [5.74, 6) is 0.313. The van der Waals surface area contributed by atoms with Gasteiger partial charge in [0.25, 0.3) is 5.91 Å². The third-order valence-corrected chi connectivity index (χ3v) is 5.52. The summed E-state index contributed by atoms with van der Waals surface area (Å²) in [6, 6.07) is 8.32. The topological polar surface area (TPSA) is 88.5 Å². The molecule has 2 N–H and O–H groups in total. The molecule has 1 saturated carbocycles. The molecule has 1 aliphatic carbocycles. The first-order chi connectivity index (χ1) is 14.2. The number of rotatable bonds is 4. The summed E-state index contributed by atoms with van der Waals surface area (Å²) in [5.41, 5.74) is 4.50. The fraction of sp³-hybridized carbons (Fsp3) is 0.273. The van der Waals surface area contributed by atoms with Crippen LogP contribution in [0.1, 0.15) is 47.8 Å². The SMILES string of the molecule is Cc1cc(-c2cc3cnc(NC(=O)c4cnn(C5CCCC5)c4)cc3[nH]2)ccn1. The number of aromatic nitrogens is 5. The highest BCUT2D eigenvalue weighted by atomic mass is 16.1. The van der Waals surface area contributed by atoms with Crippen molar-refractivity contribution in [2.45, 2.75) is 38.6 Å². The first-order valence-electron chi connectivity index (χ1n) is 9.93. The Morgan fingerprint density at radius 2 is 2.03 bits per heavy atom. The molecule has 7 nitrogen and oxygen atoms in total. The van der Waals surface area contributed by atoms with Gasteiger partial charge in [-0.2, -0.15) is 5.10 Å². The summed E-state index contributed by atoms with van der Waals surface area (Å²) in [6.45, 7) is 1.97. The van der Waals surface area contributed by atoms with E-state index in [1.165, 1.54) is 12.8 Å². The van der Waals surface area contributed by atoms with Crippen LogP contribution in [-0.4, -0.2) is 30.6 Å². The molecule has 1 amide bonds. The Morgan fingerprint density at radius 1 is 1.17 bits per heavy atom. The number of carbonyl (C=O) groups is 1. The first-order valence-corrected chi connectivity index (χ1v) is 9.93. The maximum absolute atomic E-state index is 12.6. The van der Waals surface area contributed by atoms with Crippen LogP contribution in [0.5, 0.6) is 0 Å². The number of amides is 1. The smallest absolute Gasteiger partial charge is 0.260 e. The first kappa shape index (κ1) is 17.6. The molecule has 5 rings (SSSR count). The van der Waals surface area contributed by atoms with Crippen molar-refractivity contribution in [1.29, 1.82) is 0 Å². The van der Waals surface area contributed by atoms with Crippen molar-refractivity contribution in [2.75, 3.05) is 5.32 Å². The quantitative estimate of drug-likeness (QED) is 0.541. The van der Waals surface area contributed by atoms with Crippen molar-refractivity contribution in [3.8, 4) is 11.3 Å². The zero-order valence-corrected chi connectivity index (χ0v) is 16.2. The Morgan fingerprint density at radius 3 is 2.86 bits per heavy atom. The van der Waals surface area contributed by atoms with Crippen LogP contribution in [-0.2, 0) is 0 Å². The fourth-order valence-electron chi connectivity index (χ4n) is 3.98. The van der Waals surface area contributed by atoms with Gasteiger partial charge in [0.05, 0.1) is 23.3 Å². The minimum Gasteiger partial charge on any atom is -0.354 e. The standard InChI is InChI=1S/C22H22N6O/c1-14-8-15(6-7-23-14)19-9-16-11-24-21(10-20(16)26-19)27-22(29)17-12-25-28(13-17)18-4-2-3-5-18/h6-13,18,26H,2-5H2,1H3,(H,24,27,29). The van der Waals surface area contributed by atoms with E-state index in [2.05, 4.69) is 25.4 Å². The van der Waals surface area contributed by atoms with E-state index in [1.54, 1.807) is 18.6 Å². The number of fused-ring (bicyclic) bond motifs is 1. The Hall–Kier alpha value is -3.48. The molecule has 0 atom stereocenters. The van der Waals surface area contributed by atoms with E-state index in [4.69, 9.17) is 0 Å². The third kappa shape index (κ3) is 3.51. The second-order valence-corrected chi connectivity index (χ2v) is 7.63. The van der Waals surface area contributed by atoms with Gasteiger partial charge in [-0.05, 0) is 38.0 Å². The molecule has 1 fully saturated rings. The normalized spacial score (nSPS) is 14.5. The highest BCUT2D eigenvalue weighted by molar-refractivity contribution is 6.04. The highest BCUT2D eigenvalue weighted by Crippen LogP contribution is 2.29. The second kappa shape index (κ2) is 7.16. The summed E-state index contributed by atoms with van der Waals surface area (Å²) in [5, 5.41) is 8.25. The van der Waals surface area contributed by atoms with Crippen LogP contribution in [0.2, 0.25) is 0 Å². The van der Waals surface area contributed by atoms with Gasteiger partial charge in [0.1, 0.15) is 5.82 Å². The van der Waals surface area contributed by atoms with Gasteiger partial charge in [0.2, 0.25) is 0 Å². The van der Waals surface area contributed by atoms with Gasteiger partial charge in [0.15, 0.2) is 0 Å². The summed E-state index contributed by atoms with van der Waals surface area (Å²) in [4.78, 5) is 24.6. The summed E-state index contributed by atoms with van der Waals surface area (Å²) in [6.07, 6.45) is 11.8. The molecular formula is C22H22N6O. The predicted molar refractivity (Wildman–Crippen MR) is 112 cm³/mol. The second-order valence-electron chi connectivity index (χ2n) is 7.63. The molecule has 0 aromatic carbocycles. The summed E-state index contributed by atoms with van der Waals surface area (Å²) >= 11 is 0. The molecule has 146 valence electrons. The lowest BCUT2D eigenvalue weighted by atomic mass is 10.2. The van der Waals surface area contributed by atoms with Crippen molar-refractivity contribution in [3.63, 3.8) is 0 Å². The molecule has 0 unspecified atom stereocenters. The minimum absolute atomic E-state index is 0.197. The van der Waals surface area contributed by atoms with Crippen molar-refractivity contribution in [2.24, 2.45) is 0 Å². The van der Waals surface area contributed by atoms with Crippen molar-refractivity contribution in [1.82, 2.24) is 24.7 Å². The van der Waals surface area contributed by atoms with Crippen LogP contribution >= 0.6 is 0 Å². The van der Waals surface area contributed by atoms with Crippen LogP contribution in [0.25, 0.3) is 22.2 Å². The number of aryl methyl sites for hydroxylation is 1. The van der Waals surface area contributed by atoms with E-state index in [0.717, 1.165) is 40.7 Å². The van der Waals surface area contributed by atoms with Gasteiger partial charge in [-0.15, -0.1) is 0 Å². The van der Waals surface area contributed by atoms with E-state index in [1.807, 2.05) is 42.1 Å². The zero-order valence-electron chi connectivity index (χ0n) is 16.2. The molecule has 29 heavy (non-hydrogen) atoms. The van der Waals surface area contributed by atoms with Crippen LogP contribution < -0.4 is 5.32 Å². The molecular weight excluding hydrogens is 364 g/mol. The lowest BCUT2D eigenvalue weighted by molar-refractivity contribution is 0.102. The average Bonchev–Trinajstić information content (AvgIpc) is 3.46. The lowest BCUT2D eigenvalue weighted by Crippen LogP contribution is -2.12. The van der Waals surface area contributed by atoms with E-state index < -0.39 is 0 Å². The van der Waals surface area contributed by atoms with Gasteiger partial charge in [0, 0.05) is 47.0 Å². The minimum atomic E-state index is -0.197. The Balaban J connectivity index is 1.36. The molecule has 4 aromatic rings. The number of hydrogen-bond donors (Lipinski definition) is 2. The van der Waals surface area contributed by atoms with E-state index in [9.17, 15) is 4.79 Å². The number of pyridine rings is 2. The van der Waals surface area contributed by atoms with Gasteiger partial charge in [-0.3, -0.25) is 14.5 Å². The molecule has 4 heterocycles. The molecule has 1 aliphatic rings. The number of nitrogens with one attached hydrogen (secondary N) is 2. The number of H-pyrrole nitrogens is 1. The molecule has 7 heteroatoms. The van der Waals surface area contributed by atoms with E-state index in [0.29, 0.717) is 17.4 Å². The van der Waals surface area contributed by atoms with Gasteiger partial charge in [-0.1, -0.05) is 12.8 Å². The molecule has 0 saturated heterocycles. The molecule has 0 bridgehead atoms. The van der Waals surface area contributed by atoms with E-state index >= 15 is 0 Å². The fourth-order valence-corrected chi connectivity index (χ4v) is 3.98. The number of nitrogens with zero attached hydrogens (tertiary/aromatic N) is 4. The van der Waals surface area contributed by atoms with Crippen LogP contribution in [0.15, 0.2) is 49.1 Å². The van der Waals surface area contributed by atoms with Crippen LogP contribution in [0, 0.1) is 6.92 Å². The molecule has 4 aromatic heterocycles. The van der Waals surface area contributed by atoms with Crippen LogP contribution in [0.4, 0.5) is 5.82 Å². The largest absolute Gasteiger partial charge is 0.354 e. The Kier molecular flexibility index (Phi) is 4.35.